The number of benzene rings is 1. The molecule has 20 heavy (non-hydrogen) atoms. The van der Waals surface area contributed by atoms with Crippen molar-refractivity contribution in [3.05, 3.63) is 33.9 Å². The molecule has 0 saturated heterocycles. The Bertz CT molecular complexity index is 595. The number of carbonyl (C=O) groups excluding carboxylic acids is 1. The topological polar surface area (TPSA) is 35.5 Å². The number of hydrogen-bond donors (Lipinski definition) is 0. The Kier molecular flexibility index (Phi) is 3.64. The number of alkyl halides is 3. The second-order valence-corrected chi connectivity index (χ2v) is 4.58. The summed E-state index contributed by atoms with van der Waals surface area (Å²) in [5.41, 5.74) is -0.462. The van der Waals surface area contributed by atoms with Crippen LogP contribution in [-0.2, 0) is 9.74 Å². The predicted molar refractivity (Wildman–Crippen MR) is 61.8 cm³/mol. The van der Waals surface area contributed by atoms with E-state index >= 15 is 0 Å². The van der Waals surface area contributed by atoms with E-state index in [0.29, 0.717) is 5.56 Å². The van der Waals surface area contributed by atoms with Crippen LogP contribution in [0.2, 0.25) is 5.02 Å². The van der Waals surface area contributed by atoms with Gasteiger partial charge in [-0.25, -0.2) is 9.74 Å². The van der Waals surface area contributed by atoms with Gasteiger partial charge >= 0.3 is 12.1 Å². The van der Waals surface area contributed by atoms with Gasteiger partial charge in [-0.2, -0.15) is 13.2 Å². The molecule has 8 heteroatoms. The minimum atomic E-state index is -4.89. The van der Waals surface area contributed by atoms with Crippen LogP contribution in [0.1, 0.15) is 11.1 Å². The van der Waals surface area contributed by atoms with Gasteiger partial charge in [-0.05, 0) is 30.7 Å². The van der Waals surface area contributed by atoms with Crippen molar-refractivity contribution < 1.29 is 32.2 Å². The molecule has 1 unspecified atom stereocenters. The molecule has 0 fully saturated rings. The Morgan fingerprint density at radius 3 is 2.60 bits per heavy atom. The smallest absolute Gasteiger partial charge is 0.430 e. The Balaban J connectivity index is 2.60. The normalized spacial score (nSPS) is 17.9. The second-order valence-electron chi connectivity index (χ2n) is 4.14. The third kappa shape index (κ3) is 2.58. The molecule has 1 aliphatic heterocycles. The summed E-state index contributed by atoms with van der Waals surface area (Å²) < 4.78 is 55.3. The van der Waals surface area contributed by atoms with Gasteiger partial charge in [0, 0.05) is 15.1 Å². The van der Waals surface area contributed by atoms with Crippen LogP contribution in [0.25, 0.3) is 6.08 Å². The number of fused-ring (bicyclic) bond motifs is 1. The van der Waals surface area contributed by atoms with E-state index in [4.69, 9.17) is 16.3 Å². The zero-order valence-corrected chi connectivity index (χ0v) is 10.7. The van der Waals surface area contributed by atoms with Crippen molar-refractivity contribution in [3.8, 4) is 5.75 Å². The van der Waals surface area contributed by atoms with E-state index < -0.39 is 23.8 Å². The highest BCUT2D eigenvalue weighted by atomic mass is 35.5. The van der Waals surface area contributed by atoms with E-state index in [1.165, 1.54) is 19.1 Å². The number of ether oxygens (including phenoxy) is 1. The van der Waals surface area contributed by atoms with Crippen LogP contribution >= 0.6 is 11.6 Å². The first-order valence-corrected chi connectivity index (χ1v) is 5.70. The molecule has 0 spiro atoms. The van der Waals surface area contributed by atoms with Crippen LogP contribution in [-0.4, -0.2) is 18.2 Å². The van der Waals surface area contributed by atoms with Crippen molar-refractivity contribution >= 4 is 23.6 Å². The highest BCUT2D eigenvalue weighted by Gasteiger charge is 2.49. The number of rotatable bonds is 1. The maximum atomic E-state index is 12.9. The molecule has 1 heterocycles. The van der Waals surface area contributed by atoms with E-state index in [1.807, 2.05) is 0 Å². The van der Waals surface area contributed by atoms with Crippen molar-refractivity contribution in [1.82, 2.24) is 0 Å². The van der Waals surface area contributed by atoms with Crippen molar-refractivity contribution in [3.63, 3.8) is 0 Å². The molecule has 1 aromatic carbocycles. The third-order valence-corrected chi connectivity index (χ3v) is 2.92. The van der Waals surface area contributed by atoms with Crippen LogP contribution in [0.3, 0.4) is 0 Å². The molecule has 0 bridgehead atoms. The minimum absolute atomic E-state index is 0.0628. The molecule has 0 aliphatic carbocycles. The van der Waals surface area contributed by atoms with E-state index in [9.17, 15) is 22.5 Å². The van der Waals surface area contributed by atoms with Gasteiger partial charge in [-0.1, -0.05) is 11.6 Å². The molecule has 0 saturated carbocycles. The van der Waals surface area contributed by atoms with Crippen LogP contribution in [0.15, 0.2) is 17.7 Å². The second kappa shape index (κ2) is 4.97. The summed E-state index contributed by atoms with van der Waals surface area (Å²) in [6.07, 6.45) is -6.61. The first-order chi connectivity index (χ1) is 9.24. The lowest BCUT2D eigenvalue weighted by Gasteiger charge is -2.28. The average molecular weight is 311 g/mol. The zero-order chi connectivity index (χ0) is 15.1. The lowest BCUT2D eigenvalue weighted by Crippen LogP contribution is -2.40. The Labute approximate surface area is 115 Å². The lowest BCUT2D eigenvalue weighted by atomic mass is 9.99. The summed E-state index contributed by atoms with van der Waals surface area (Å²) in [5.74, 6) is -1.82. The Morgan fingerprint density at radius 2 is 2.05 bits per heavy atom. The van der Waals surface area contributed by atoms with Gasteiger partial charge in [0.1, 0.15) is 5.75 Å². The van der Waals surface area contributed by atoms with Gasteiger partial charge < -0.3 is 4.74 Å². The Hall–Kier alpha value is -1.76. The Morgan fingerprint density at radius 1 is 1.40 bits per heavy atom. The van der Waals surface area contributed by atoms with Gasteiger partial charge in [0.25, 0.3) is 0 Å². The maximum Gasteiger partial charge on any atom is 0.430 e. The van der Waals surface area contributed by atoms with Crippen molar-refractivity contribution in [2.24, 2.45) is 0 Å². The monoisotopic (exact) mass is 310 g/mol. The molecule has 1 aromatic rings. The number of halogens is 5. The summed E-state index contributed by atoms with van der Waals surface area (Å²) in [4.78, 5) is 14.0. The first kappa shape index (κ1) is 14.6. The van der Waals surface area contributed by atoms with Crippen molar-refractivity contribution in [1.29, 1.82) is 0 Å². The highest BCUT2D eigenvalue weighted by molar-refractivity contribution is 6.30. The van der Waals surface area contributed by atoms with Gasteiger partial charge in [0.2, 0.25) is 6.10 Å². The number of carbonyl (C=O) groups is 1. The third-order valence-electron chi connectivity index (χ3n) is 2.70. The van der Waals surface area contributed by atoms with E-state index in [0.717, 1.165) is 6.08 Å². The molecular weight excluding hydrogens is 304 g/mol. The lowest BCUT2D eigenvalue weighted by molar-refractivity contribution is -0.198. The molecule has 0 radical (unpaired) electrons. The van der Waals surface area contributed by atoms with E-state index in [2.05, 4.69) is 4.94 Å². The fourth-order valence-electron chi connectivity index (χ4n) is 1.90. The summed E-state index contributed by atoms with van der Waals surface area (Å²) >= 11 is 5.77. The molecule has 0 N–H and O–H groups in total. The van der Waals surface area contributed by atoms with Crippen LogP contribution in [0.5, 0.6) is 5.75 Å². The minimum Gasteiger partial charge on any atom is -0.475 e. The number of aryl methyl sites for hydroxylation is 1. The van der Waals surface area contributed by atoms with Gasteiger partial charge in [0.05, 0.1) is 5.57 Å². The molecule has 108 valence electrons. The molecule has 1 aliphatic rings. The SMILES string of the molecule is Cc1cc(Cl)cc2c1OC(C(F)(F)F)C(C(=O)OF)=C2. The first-order valence-electron chi connectivity index (χ1n) is 5.32. The molecule has 3 nitrogen and oxygen atoms in total. The van der Waals surface area contributed by atoms with Crippen molar-refractivity contribution in [2.45, 2.75) is 19.2 Å². The summed E-state index contributed by atoms with van der Waals surface area (Å²) in [6.45, 7) is 1.50. The molecule has 2 rings (SSSR count). The largest absolute Gasteiger partial charge is 0.475 e. The van der Waals surface area contributed by atoms with Crippen LogP contribution in [0.4, 0.5) is 17.7 Å². The summed E-state index contributed by atoms with van der Waals surface area (Å²) in [6, 6.07) is 2.72. The van der Waals surface area contributed by atoms with Gasteiger partial charge in [-0.15, -0.1) is 0 Å². The number of hydrogen-bond acceptors (Lipinski definition) is 3. The quantitative estimate of drug-likeness (QED) is 0.740. The van der Waals surface area contributed by atoms with Crippen molar-refractivity contribution in [2.75, 3.05) is 0 Å². The summed E-state index contributed by atoms with van der Waals surface area (Å²) in [5, 5.41) is 0.250. The maximum absolute atomic E-state index is 12.9. The fraction of sp³-hybridized carbons (Fsp3) is 0.250. The highest BCUT2D eigenvalue weighted by Crippen LogP contribution is 2.40. The van der Waals surface area contributed by atoms with Gasteiger partial charge in [0.15, 0.2) is 0 Å². The fourth-order valence-corrected chi connectivity index (χ4v) is 2.18. The van der Waals surface area contributed by atoms with Gasteiger partial charge in [-0.3, -0.25) is 0 Å². The predicted octanol–water partition coefficient (Wildman–Crippen LogP) is 3.78. The molecule has 0 amide bonds. The standard InChI is InChI=1S/C12H7ClF4O3/c1-5-2-7(13)3-6-4-8(11(18)20-17)10(12(14,15)16)19-9(5)6/h2-4,10H,1H3. The van der Waals surface area contributed by atoms with E-state index in [1.54, 1.807) is 0 Å². The van der Waals surface area contributed by atoms with Crippen LogP contribution < -0.4 is 4.74 Å². The average Bonchev–Trinajstić information content (AvgIpc) is 2.35. The van der Waals surface area contributed by atoms with E-state index in [-0.39, 0.29) is 16.3 Å². The van der Waals surface area contributed by atoms with Crippen LogP contribution in [0, 0.1) is 6.92 Å². The summed E-state index contributed by atoms with van der Waals surface area (Å²) in [7, 11) is 0. The zero-order valence-electron chi connectivity index (χ0n) is 9.92. The molecule has 1 atom stereocenters. The molecule has 0 aromatic heterocycles. The molecular formula is C12H7ClF4O3.